The lowest BCUT2D eigenvalue weighted by Gasteiger charge is -2.25. The summed E-state index contributed by atoms with van der Waals surface area (Å²) in [6.45, 7) is 2.43. The maximum Gasteiger partial charge on any atom is 0.258 e. The third-order valence-corrected chi connectivity index (χ3v) is 5.78. The Morgan fingerprint density at radius 3 is 2.43 bits per heavy atom. The van der Waals surface area contributed by atoms with Crippen LogP contribution in [0.5, 0.6) is 5.75 Å². The lowest BCUT2D eigenvalue weighted by molar-refractivity contribution is -0.124. The van der Waals surface area contributed by atoms with E-state index in [4.69, 9.17) is 16.3 Å². The molecule has 186 valence electrons. The van der Waals surface area contributed by atoms with Crippen LogP contribution in [0.3, 0.4) is 0 Å². The summed E-state index contributed by atoms with van der Waals surface area (Å²) in [7, 11) is 0. The van der Waals surface area contributed by atoms with Crippen molar-refractivity contribution in [2.45, 2.75) is 38.5 Å². The van der Waals surface area contributed by atoms with Gasteiger partial charge in [0.15, 0.2) is 6.61 Å². The quantitative estimate of drug-likeness (QED) is 0.342. The van der Waals surface area contributed by atoms with Gasteiger partial charge in [-0.2, -0.15) is 0 Å². The van der Waals surface area contributed by atoms with Crippen LogP contribution < -0.4 is 15.4 Å². The summed E-state index contributed by atoms with van der Waals surface area (Å²) < 4.78 is 32.9. The highest BCUT2D eigenvalue weighted by molar-refractivity contribution is 6.32. The Labute approximate surface area is 209 Å². The monoisotopic (exact) mass is 502 g/mol. The molecule has 0 saturated heterocycles. The van der Waals surface area contributed by atoms with Crippen LogP contribution in [0.1, 0.15) is 23.6 Å². The van der Waals surface area contributed by atoms with Crippen LogP contribution in [0.15, 0.2) is 66.7 Å². The zero-order chi connectivity index (χ0) is 25.2. The number of nitrogens with one attached hydrogen (secondary N) is 2. The van der Waals surface area contributed by atoms with E-state index < -0.39 is 29.7 Å². The summed E-state index contributed by atoms with van der Waals surface area (Å²) >= 11 is 6.05. The molecule has 0 aliphatic carbocycles. The van der Waals surface area contributed by atoms with Crippen molar-refractivity contribution < 1.29 is 23.4 Å². The summed E-state index contributed by atoms with van der Waals surface area (Å²) in [6.07, 6.45) is -0.0777. The van der Waals surface area contributed by atoms with Gasteiger partial charge in [-0.3, -0.25) is 4.79 Å². The number of aliphatic hydroxyl groups excluding tert-OH is 1. The first-order valence-electron chi connectivity index (χ1n) is 11.4. The Bertz CT molecular complexity index is 1110. The molecule has 0 spiro atoms. The van der Waals surface area contributed by atoms with Gasteiger partial charge in [0.2, 0.25) is 0 Å². The van der Waals surface area contributed by atoms with Gasteiger partial charge in [-0.05, 0) is 53.8 Å². The normalized spacial score (nSPS) is 12.7. The van der Waals surface area contributed by atoms with Gasteiger partial charge >= 0.3 is 0 Å². The van der Waals surface area contributed by atoms with Crippen molar-refractivity contribution in [2.75, 3.05) is 13.2 Å². The average molecular weight is 503 g/mol. The van der Waals surface area contributed by atoms with Gasteiger partial charge < -0.3 is 20.5 Å². The average Bonchev–Trinajstić information content (AvgIpc) is 2.82. The van der Waals surface area contributed by atoms with Crippen molar-refractivity contribution in [1.82, 2.24) is 10.6 Å². The highest BCUT2D eigenvalue weighted by Crippen LogP contribution is 2.23. The van der Waals surface area contributed by atoms with E-state index >= 15 is 0 Å². The first-order chi connectivity index (χ1) is 16.8. The van der Waals surface area contributed by atoms with Crippen LogP contribution >= 0.6 is 11.6 Å². The number of carbonyl (C=O) groups is 1. The maximum atomic E-state index is 13.7. The van der Waals surface area contributed by atoms with Crippen molar-refractivity contribution in [3.8, 4) is 5.75 Å². The van der Waals surface area contributed by atoms with Gasteiger partial charge in [0.05, 0.1) is 17.2 Å². The van der Waals surface area contributed by atoms with E-state index in [0.717, 1.165) is 18.1 Å². The highest BCUT2D eigenvalue weighted by atomic mass is 35.5. The molecule has 2 atom stereocenters. The lowest BCUT2D eigenvalue weighted by Crippen LogP contribution is -2.49. The molecule has 0 radical (unpaired) electrons. The molecule has 3 aromatic carbocycles. The Morgan fingerprint density at radius 2 is 1.71 bits per heavy atom. The largest absolute Gasteiger partial charge is 0.482 e. The fourth-order valence-electron chi connectivity index (χ4n) is 3.69. The molecule has 35 heavy (non-hydrogen) atoms. The summed E-state index contributed by atoms with van der Waals surface area (Å²) in [6, 6.07) is 17.2. The topological polar surface area (TPSA) is 70.6 Å². The molecular weight excluding hydrogens is 474 g/mol. The molecule has 0 aromatic heterocycles. The molecule has 2 unspecified atom stereocenters. The maximum absolute atomic E-state index is 13.7. The molecule has 3 N–H and O–H groups in total. The third kappa shape index (κ3) is 8.62. The van der Waals surface area contributed by atoms with Crippen LogP contribution in [0.4, 0.5) is 8.78 Å². The zero-order valence-electron chi connectivity index (χ0n) is 19.4. The van der Waals surface area contributed by atoms with E-state index in [1.807, 2.05) is 18.2 Å². The number of carbonyl (C=O) groups excluding carboxylic acids is 1. The van der Waals surface area contributed by atoms with Crippen molar-refractivity contribution in [1.29, 1.82) is 0 Å². The Kier molecular flexibility index (Phi) is 10.0. The van der Waals surface area contributed by atoms with Crippen LogP contribution in [-0.2, 0) is 24.2 Å². The lowest BCUT2D eigenvalue weighted by atomic mass is 10.0. The van der Waals surface area contributed by atoms with Gasteiger partial charge in [-0.1, -0.05) is 54.9 Å². The Balaban J connectivity index is 1.63. The molecule has 1 amide bonds. The molecular formula is C27H29ClF2N2O3. The third-order valence-electron chi connectivity index (χ3n) is 5.47. The number of aryl methyl sites for hydroxylation is 1. The fraction of sp³-hybridized carbons (Fsp3) is 0.296. The summed E-state index contributed by atoms with van der Waals surface area (Å²) in [4.78, 5) is 12.6. The number of rotatable bonds is 12. The number of amides is 1. The SMILES string of the molecule is CCc1cccc(CNCC(O)C(Cc2cc(F)cc(F)c2)NC(=O)COc2ccccc2Cl)c1. The first-order valence-corrected chi connectivity index (χ1v) is 11.8. The summed E-state index contributed by atoms with van der Waals surface area (Å²) in [5.74, 6) is -1.60. The smallest absolute Gasteiger partial charge is 0.258 e. The van der Waals surface area contributed by atoms with E-state index in [1.165, 1.54) is 17.7 Å². The minimum atomic E-state index is -1.03. The predicted octanol–water partition coefficient (Wildman–Crippen LogP) is 4.44. The minimum Gasteiger partial charge on any atom is -0.482 e. The van der Waals surface area contributed by atoms with E-state index in [-0.39, 0.29) is 19.6 Å². The van der Waals surface area contributed by atoms with Crippen LogP contribution in [-0.4, -0.2) is 36.3 Å². The van der Waals surface area contributed by atoms with E-state index in [9.17, 15) is 18.7 Å². The Hall–Kier alpha value is -3.00. The molecule has 0 fully saturated rings. The van der Waals surface area contributed by atoms with Gasteiger partial charge in [0.1, 0.15) is 17.4 Å². The predicted molar refractivity (Wildman–Crippen MR) is 132 cm³/mol. The number of para-hydroxylation sites is 1. The molecule has 0 aliphatic heterocycles. The van der Waals surface area contributed by atoms with Gasteiger partial charge in [-0.15, -0.1) is 0 Å². The Morgan fingerprint density at radius 1 is 1.00 bits per heavy atom. The first kappa shape index (κ1) is 26.6. The van der Waals surface area contributed by atoms with Crippen LogP contribution in [0.25, 0.3) is 0 Å². The molecule has 8 heteroatoms. The molecule has 5 nitrogen and oxygen atoms in total. The summed E-state index contributed by atoms with van der Waals surface area (Å²) in [5.41, 5.74) is 2.59. The molecule has 0 saturated carbocycles. The van der Waals surface area contributed by atoms with Crippen molar-refractivity contribution in [3.05, 3.63) is 100 Å². The second kappa shape index (κ2) is 13.2. The highest BCUT2D eigenvalue weighted by Gasteiger charge is 2.23. The zero-order valence-corrected chi connectivity index (χ0v) is 20.2. The summed E-state index contributed by atoms with van der Waals surface area (Å²) in [5, 5.41) is 17.1. The van der Waals surface area contributed by atoms with Crippen molar-refractivity contribution >= 4 is 17.5 Å². The molecule has 0 bridgehead atoms. The molecule has 3 rings (SSSR count). The van der Waals surface area contributed by atoms with E-state index in [0.29, 0.717) is 22.9 Å². The van der Waals surface area contributed by atoms with Gasteiger partial charge in [0, 0.05) is 19.2 Å². The van der Waals surface area contributed by atoms with Crippen LogP contribution in [0, 0.1) is 11.6 Å². The van der Waals surface area contributed by atoms with E-state index in [2.05, 4.69) is 23.6 Å². The van der Waals surface area contributed by atoms with Crippen molar-refractivity contribution in [3.63, 3.8) is 0 Å². The number of ether oxygens (including phenoxy) is 1. The fourth-order valence-corrected chi connectivity index (χ4v) is 3.88. The second-order valence-electron chi connectivity index (χ2n) is 8.25. The standard InChI is InChI=1S/C27H29ClF2N2O3/c1-2-18-6-5-7-19(10-18)15-31-16-25(33)24(13-20-11-21(29)14-22(30)12-20)32-27(34)17-35-26-9-4-3-8-23(26)28/h3-12,14,24-25,31,33H,2,13,15-17H2,1H3,(H,32,34). The minimum absolute atomic E-state index is 0.0285. The number of hydrogen-bond donors (Lipinski definition) is 3. The molecule has 0 heterocycles. The number of benzene rings is 3. The number of aliphatic hydroxyl groups is 1. The number of hydrogen-bond acceptors (Lipinski definition) is 4. The van der Waals surface area contributed by atoms with E-state index in [1.54, 1.807) is 24.3 Å². The van der Waals surface area contributed by atoms with Gasteiger partial charge in [-0.25, -0.2) is 8.78 Å². The van der Waals surface area contributed by atoms with Crippen molar-refractivity contribution in [2.24, 2.45) is 0 Å². The molecule has 3 aromatic rings. The number of halogens is 3. The van der Waals surface area contributed by atoms with Gasteiger partial charge in [0.25, 0.3) is 5.91 Å². The van der Waals surface area contributed by atoms with Crippen LogP contribution in [0.2, 0.25) is 5.02 Å². The second-order valence-corrected chi connectivity index (χ2v) is 8.65. The molecule has 0 aliphatic rings.